The first-order valence-corrected chi connectivity index (χ1v) is 6.28. The number of benzene rings is 1. The normalized spacial score (nSPS) is 25.1. The van der Waals surface area contributed by atoms with Crippen LogP contribution >= 0.6 is 0 Å². The van der Waals surface area contributed by atoms with Crippen LogP contribution in [0.5, 0.6) is 0 Å². The van der Waals surface area contributed by atoms with Gasteiger partial charge in [-0.1, -0.05) is 19.1 Å². The standard InChI is InChI=1S/C14H22N2/c1-4-12-9-8-11(3)16(12)13-7-5-6-10(2)14(13)15/h5-7,11-12H,4,8-9,15H2,1-3H3. The van der Waals surface area contributed by atoms with Crippen LogP contribution < -0.4 is 10.6 Å². The molecule has 2 rings (SSSR count). The summed E-state index contributed by atoms with van der Waals surface area (Å²) in [6.07, 6.45) is 3.79. The van der Waals surface area contributed by atoms with Crippen molar-refractivity contribution in [3.63, 3.8) is 0 Å². The highest BCUT2D eigenvalue weighted by Crippen LogP contribution is 2.36. The summed E-state index contributed by atoms with van der Waals surface area (Å²) in [5.41, 5.74) is 9.57. The molecule has 1 aromatic rings. The number of nitrogens with zero attached hydrogens (tertiary/aromatic N) is 1. The fraction of sp³-hybridized carbons (Fsp3) is 0.571. The van der Waals surface area contributed by atoms with Gasteiger partial charge in [0.2, 0.25) is 0 Å². The molecule has 16 heavy (non-hydrogen) atoms. The molecule has 0 radical (unpaired) electrons. The fourth-order valence-electron chi connectivity index (χ4n) is 2.80. The van der Waals surface area contributed by atoms with Crippen molar-refractivity contribution in [2.45, 2.75) is 52.1 Å². The lowest BCUT2D eigenvalue weighted by molar-refractivity contribution is 0.628. The zero-order valence-electron chi connectivity index (χ0n) is 10.5. The average molecular weight is 218 g/mol. The van der Waals surface area contributed by atoms with Gasteiger partial charge in [-0.2, -0.15) is 0 Å². The lowest BCUT2D eigenvalue weighted by Gasteiger charge is -2.31. The van der Waals surface area contributed by atoms with E-state index in [9.17, 15) is 0 Å². The second kappa shape index (κ2) is 4.36. The highest BCUT2D eigenvalue weighted by Gasteiger charge is 2.30. The van der Waals surface area contributed by atoms with E-state index in [0.29, 0.717) is 12.1 Å². The van der Waals surface area contributed by atoms with E-state index in [4.69, 9.17) is 5.73 Å². The number of nitrogens with two attached hydrogens (primary N) is 1. The van der Waals surface area contributed by atoms with Gasteiger partial charge >= 0.3 is 0 Å². The molecule has 1 aromatic carbocycles. The maximum Gasteiger partial charge on any atom is 0.0607 e. The Labute approximate surface area is 98.4 Å². The first-order chi connectivity index (χ1) is 7.65. The van der Waals surface area contributed by atoms with Crippen LogP contribution in [0.1, 0.15) is 38.7 Å². The zero-order chi connectivity index (χ0) is 11.7. The molecule has 2 unspecified atom stereocenters. The van der Waals surface area contributed by atoms with Crippen LogP contribution in [0.4, 0.5) is 11.4 Å². The minimum Gasteiger partial charge on any atom is -0.397 e. The van der Waals surface area contributed by atoms with Crippen LogP contribution in [0.25, 0.3) is 0 Å². The molecule has 0 saturated carbocycles. The molecule has 1 saturated heterocycles. The van der Waals surface area contributed by atoms with E-state index in [2.05, 4.69) is 43.9 Å². The second-order valence-electron chi connectivity index (χ2n) is 4.90. The first kappa shape index (κ1) is 11.3. The van der Waals surface area contributed by atoms with Crippen molar-refractivity contribution in [1.82, 2.24) is 0 Å². The Morgan fingerprint density at radius 1 is 1.38 bits per heavy atom. The van der Waals surface area contributed by atoms with E-state index >= 15 is 0 Å². The SMILES string of the molecule is CCC1CCC(C)N1c1cccc(C)c1N. The molecule has 88 valence electrons. The predicted octanol–water partition coefficient (Wildman–Crippen LogP) is 3.34. The Balaban J connectivity index is 2.38. The van der Waals surface area contributed by atoms with Crippen LogP contribution in [0, 0.1) is 6.92 Å². The van der Waals surface area contributed by atoms with E-state index in [1.807, 2.05) is 0 Å². The van der Waals surface area contributed by atoms with E-state index in [1.54, 1.807) is 0 Å². The highest BCUT2D eigenvalue weighted by atomic mass is 15.2. The van der Waals surface area contributed by atoms with Crippen molar-refractivity contribution in [3.8, 4) is 0 Å². The van der Waals surface area contributed by atoms with Crippen molar-refractivity contribution >= 4 is 11.4 Å². The Hall–Kier alpha value is -1.18. The molecular weight excluding hydrogens is 196 g/mol. The molecule has 2 heteroatoms. The topological polar surface area (TPSA) is 29.3 Å². The highest BCUT2D eigenvalue weighted by molar-refractivity contribution is 5.72. The van der Waals surface area contributed by atoms with E-state index < -0.39 is 0 Å². The average Bonchev–Trinajstić information content (AvgIpc) is 2.64. The number of hydrogen-bond donors (Lipinski definition) is 1. The summed E-state index contributed by atoms with van der Waals surface area (Å²) in [5, 5.41) is 0. The molecule has 2 nitrogen and oxygen atoms in total. The Bertz CT molecular complexity index is 373. The summed E-state index contributed by atoms with van der Waals surface area (Å²) in [6, 6.07) is 7.64. The number of hydrogen-bond acceptors (Lipinski definition) is 2. The second-order valence-corrected chi connectivity index (χ2v) is 4.90. The summed E-state index contributed by atoms with van der Waals surface area (Å²) < 4.78 is 0. The van der Waals surface area contributed by atoms with Gasteiger partial charge in [0.1, 0.15) is 0 Å². The molecule has 2 N–H and O–H groups in total. The lowest BCUT2D eigenvalue weighted by atomic mass is 10.1. The summed E-state index contributed by atoms with van der Waals surface area (Å²) in [6.45, 7) is 6.65. The summed E-state index contributed by atoms with van der Waals surface area (Å²) in [4.78, 5) is 2.52. The maximum absolute atomic E-state index is 6.20. The minimum absolute atomic E-state index is 0.619. The molecule has 1 aliphatic rings. The van der Waals surface area contributed by atoms with Crippen LogP contribution in [0.15, 0.2) is 18.2 Å². The van der Waals surface area contributed by atoms with Gasteiger partial charge in [0, 0.05) is 12.1 Å². The molecule has 0 amide bonds. The van der Waals surface area contributed by atoms with Gasteiger partial charge in [-0.05, 0) is 44.7 Å². The predicted molar refractivity (Wildman–Crippen MR) is 70.8 cm³/mol. The third-order valence-electron chi connectivity index (χ3n) is 3.84. The number of aryl methyl sites for hydroxylation is 1. The number of para-hydroxylation sites is 1. The van der Waals surface area contributed by atoms with Gasteiger partial charge in [0.25, 0.3) is 0 Å². The molecule has 1 heterocycles. The third-order valence-corrected chi connectivity index (χ3v) is 3.84. The van der Waals surface area contributed by atoms with Crippen LogP contribution in [-0.2, 0) is 0 Å². The molecular formula is C14H22N2. The van der Waals surface area contributed by atoms with Gasteiger partial charge in [-0.15, -0.1) is 0 Å². The van der Waals surface area contributed by atoms with Gasteiger partial charge in [0.05, 0.1) is 11.4 Å². The Kier molecular flexibility index (Phi) is 3.08. The monoisotopic (exact) mass is 218 g/mol. The quantitative estimate of drug-likeness (QED) is 0.771. The smallest absolute Gasteiger partial charge is 0.0607 e. The van der Waals surface area contributed by atoms with Crippen molar-refractivity contribution < 1.29 is 0 Å². The molecule has 2 atom stereocenters. The molecule has 1 aliphatic heterocycles. The van der Waals surface area contributed by atoms with E-state index in [0.717, 1.165) is 5.69 Å². The van der Waals surface area contributed by atoms with Crippen LogP contribution in [0.2, 0.25) is 0 Å². The molecule has 0 aromatic heterocycles. The van der Waals surface area contributed by atoms with Crippen molar-refractivity contribution in [1.29, 1.82) is 0 Å². The lowest BCUT2D eigenvalue weighted by Crippen LogP contribution is -2.34. The number of anilines is 2. The molecule has 1 fully saturated rings. The van der Waals surface area contributed by atoms with Crippen molar-refractivity contribution in [2.24, 2.45) is 0 Å². The summed E-state index contributed by atoms with van der Waals surface area (Å²) in [5.74, 6) is 0. The molecule has 0 spiro atoms. The van der Waals surface area contributed by atoms with Crippen molar-refractivity contribution in [2.75, 3.05) is 10.6 Å². The third kappa shape index (κ3) is 1.77. The largest absolute Gasteiger partial charge is 0.397 e. The minimum atomic E-state index is 0.619. The summed E-state index contributed by atoms with van der Waals surface area (Å²) >= 11 is 0. The van der Waals surface area contributed by atoms with E-state index in [-0.39, 0.29) is 0 Å². The zero-order valence-corrected chi connectivity index (χ0v) is 10.5. The van der Waals surface area contributed by atoms with Crippen LogP contribution in [0.3, 0.4) is 0 Å². The van der Waals surface area contributed by atoms with Gasteiger partial charge in [-0.25, -0.2) is 0 Å². The number of rotatable bonds is 2. The maximum atomic E-state index is 6.20. The summed E-state index contributed by atoms with van der Waals surface area (Å²) in [7, 11) is 0. The van der Waals surface area contributed by atoms with Gasteiger partial charge < -0.3 is 10.6 Å². The fourth-order valence-corrected chi connectivity index (χ4v) is 2.80. The molecule has 0 aliphatic carbocycles. The molecule has 0 bridgehead atoms. The van der Waals surface area contributed by atoms with Gasteiger partial charge in [0.15, 0.2) is 0 Å². The Morgan fingerprint density at radius 3 is 2.81 bits per heavy atom. The van der Waals surface area contributed by atoms with Crippen molar-refractivity contribution in [3.05, 3.63) is 23.8 Å². The Morgan fingerprint density at radius 2 is 2.12 bits per heavy atom. The first-order valence-electron chi connectivity index (χ1n) is 6.28. The van der Waals surface area contributed by atoms with Gasteiger partial charge in [-0.3, -0.25) is 0 Å². The van der Waals surface area contributed by atoms with E-state index in [1.165, 1.54) is 30.5 Å². The van der Waals surface area contributed by atoms with Crippen LogP contribution in [-0.4, -0.2) is 12.1 Å². The number of nitrogen functional groups attached to an aromatic ring is 1.